The molecule has 4 rings (SSSR count). The number of thioether (sulfide) groups is 1. The standard InChI is InChI=1S/C23H24N2O6S/c26-21-19(32-23(28)25-21)12-15-6-8-17(9-7-15)30-14-18-20(29-11-10-24-18)22(27)31-13-16-4-2-1-3-5-16/h1-9,18-20,24H,10-14H2,(H,25,26,28)/t18-,19?,20-/m1/s1. The topological polar surface area (TPSA) is 103 Å². The summed E-state index contributed by atoms with van der Waals surface area (Å²) in [4.78, 5) is 35.6. The van der Waals surface area contributed by atoms with Crippen LogP contribution in [0, 0.1) is 0 Å². The van der Waals surface area contributed by atoms with E-state index in [0.29, 0.717) is 25.3 Å². The van der Waals surface area contributed by atoms with Crippen LogP contribution in [-0.2, 0) is 32.1 Å². The fourth-order valence-corrected chi connectivity index (χ4v) is 4.35. The van der Waals surface area contributed by atoms with Crippen molar-refractivity contribution in [2.45, 2.75) is 30.4 Å². The van der Waals surface area contributed by atoms with Gasteiger partial charge in [-0.15, -0.1) is 0 Å². The summed E-state index contributed by atoms with van der Waals surface area (Å²) in [6.45, 7) is 1.47. The predicted molar refractivity (Wildman–Crippen MR) is 118 cm³/mol. The molecule has 0 spiro atoms. The van der Waals surface area contributed by atoms with Crippen molar-refractivity contribution in [2.24, 2.45) is 0 Å². The molecule has 0 radical (unpaired) electrons. The van der Waals surface area contributed by atoms with E-state index in [0.717, 1.165) is 22.9 Å². The summed E-state index contributed by atoms with van der Waals surface area (Å²) in [6, 6.07) is 16.5. The van der Waals surface area contributed by atoms with E-state index in [9.17, 15) is 14.4 Å². The van der Waals surface area contributed by atoms with Crippen molar-refractivity contribution in [1.82, 2.24) is 10.6 Å². The number of hydrogen-bond donors (Lipinski definition) is 2. The molecule has 2 aliphatic rings. The molecule has 2 N–H and O–H groups in total. The second kappa shape index (κ2) is 10.6. The highest BCUT2D eigenvalue weighted by Crippen LogP contribution is 2.24. The van der Waals surface area contributed by atoms with Crippen LogP contribution in [0.1, 0.15) is 11.1 Å². The normalized spacial score (nSPS) is 22.9. The van der Waals surface area contributed by atoms with Crippen LogP contribution < -0.4 is 15.4 Å². The molecule has 0 aromatic heterocycles. The highest BCUT2D eigenvalue weighted by molar-refractivity contribution is 8.15. The Balaban J connectivity index is 1.28. The number of rotatable bonds is 8. The molecule has 3 atom stereocenters. The minimum absolute atomic E-state index is 0.192. The molecule has 1 unspecified atom stereocenters. The molecule has 0 saturated carbocycles. The van der Waals surface area contributed by atoms with Gasteiger partial charge in [0, 0.05) is 6.54 Å². The van der Waals surface area contributed by atoms with Crippen LogP contribution >= 0.6 is 11.8 Å². The summed E-state index contributed by atoms with van der Waals surface area (Å²) < 4.78 is 16.9. The molecule has 32 heavy (non-hydrogen) atoms. The van der Waals surface area contributed by atoms with Gasteiger partial charge in [0.05, 0.1) is 17.9 Å². The Kier molecular flexibility index (Phi) is 7.41. The first-order chi connectivity index (χ1) is 15.6. The Morgan fingerprint density at radius 2 is 1.84 bits per heavy atom. The largest absolute Gasteiger partial charge is 0.492 e. The zero-order valence-corrected chi connectivity index (χ0v) is 18.1. The molecule has 2 aromatic rings. The first-order valence-corrected chi connectivity index (χ1v) is 11.3. The van der Waals surface area contributed by atoms with Crippen molar-refractivity contribution in [2.75, 3.05) is 19.8 Å². The molecule has 2 amide bonds. The number of hydrogen-bond acceptors (Lipinski definition) is 8. The first kappa shape index (κ1) is 22.3. The summed E-state index contributed by atoms with van der Waals surface area (Å²) in [5.41, 5.74) is 1.84. The van der Waals surface area contributed by atoms with E-state index in [2.05, 4.69) is 10.6 Å². The van der Waals surface area contributed by atoms with E-state index >= 15 is 0 Å². The quantitative estimate of drug-likeness (QED) is 0.582. The van der Waals surface area contributed by atoms with Crippen molar-refractivity contribution in [3.63, 3.8) is 0 Å². The minimum Gasteiger partial charge on any atom is -0.492 e. The average molecular weight is 457 g/mol. The summed E-state index contributed by atoms with van der Waals surface area (Å²) in [5, 5.41) is 4.84. The molecule has 2 saturated heterocycles. The van der Waals surface area contributed by atoms with Crippen LogP contribution in [0.4, 0.5) is 4.79 Å². The molecular formula is C23H24N2O6S. The van der Waals surface area contributed by atoms with Gasteiger partial charge in [0.15, 0.2) is 6.10 Å². The van der Waals surface area contributed by atoms with Crippen molar-refractivity contribution < 1.29 is 28.6 Å². The molecule has 9 heteroatoms. The van der Waals surface area contributed by atoms with E-state index in [1.165, 1.54) is 0 Å². The third-order valence-electron chi connectivity index (χ3n) is 5.17. The van der Waals surface area contributed by atoms with Gasteiger partial charge >= 0.3 is 5.97 Å². The Hall–Kier alpha value is -2.88. The number of imide groups is 1. The fourth-order valence-electron chi connectivity index (χ4n) is 3.49. The Bertz CT molecular complexity index is 953. The molecule has 0 bridgehead atoms. The summed E-state index contributed by atoms with van der Waals surface area (Å²) in [7, 11) is 0. The highest BCUT2D eigenvalue weighted by atomic mass is 32.2. The zero-order chi connectivity index (χ0) is 22.3. The summed E-state index contributed by atoms with van der Waals surface area (Å²) in [6.07, 6.45) is -0.280. The zero-order valence-electron chi connectivity index (χ0n) is 17.3. The van der Waals surface area contributed by atoms with Crippen molar-refractivity contribution >= 4 is 28.9 Å². The van der Waals surface area contributed by atoms with Gasteiger partial charge in [-0.2, -0.15) is 0 Å². The lowest BCUT2D eigenvalue weighted by atomic mass is 10.1. The smallest absolute Gasteiger partial charge is 0.337 e. The highest BCUT2D eigenvalue weighted by Gasteiger charge is 2.34. The predicted octanol–water partition coefficient (Wildman–Crippen LogP) is 2.06. The third-order valence-corrected chi connectivity index (χ3v) is 6.15. The van der Waals surface area contributed by atoms with Gasteiger partial charge < -0.3 is 19.5 Å². The first-order valence-electron chi connectivity index (χ1n) is 10.4. The van der Waals surface area contributed by atoms with Gasteiger partial charge in [0.2, 0.25) is 5.91 Å². The van der Waals surface area contributed by atoms with Crippen LogP contribution in [0.2, 0.25) is 0 Å². The molecule has 2 aliphatic heterocycles. The second-order valence-corrected chi connectivity index (χ2v) is 8.66. The van der Waals surface area contributed by atoms with Gasteiger partial charge in [-0.25, -0.2) is 4.79 Å². The van der Waals surface area contributed by atoms with Crippen molar-refractivity contribution in [1.29, 1.82) is 0 Å². The monoisotopic (exact) mass is 456 g/mol. The van der Waals surface area contributed by atoms with Gasteiger partial charge in [-0.05, 0) is 29.7 Å². The second-order valence-electron chi connectivity index (χ2n) is 7.49. The fraction of sp³-hybridized carbons (Fsp3) is 0.348. The van der Waals surface area contributed by atoms with Crippen LogP contribution in [0.3, 0.4) is 0 Å². The third kappa shape index (κ3) is 5.87. The van der Waals surface area contributed by atoms with E-state index in [-0.39, 0.29) is 30.4 Å². The van der Waals surface area contributed by atoms with Crippen LogP contribution in [0.15, 0.2) is 54.6 Å². The number of carbonyl (C=O) groups is 3. The Labute approximate surface area is 190 Å². The number of carbonyl (C=O) groups excluding carboxylic acids is 3. The van der Waals surface area contributed by atoms with Gasteiger partial charge in [0.1, 0.15) is 19.0 Å². The molecule has 2 heterocycles. The van der Waals surface area contributed by atoms with Gasteiger partial charge in [-0.3, -0.25) is 14.9 Å². The molecule has 0 aliphatic carbocycles. The van der Waals surface area contributed by atoms with E-state index in [1.54, 1.807) is 12.1 Å². The number of benzene rings is 2. The number of nitrogens with one attached hydrogen (secondary N) is 2. The summed E-state index contributed by atoms with van der Waals surface area (Å²) >= 11 is 1.01. The number of amides is 2. The van der Waals surface area contributed by atoms with Crippen LogP contribution in [-0.4, -0.2) is 54.3 Å². The van der Waals surface area contributed by atoms with Crippen LogP contribution in [0.25, 0.3) is 0 Å². The van der Waals surface area contributed by atoms with Crippen molar-refractivity contribution in [3.8, 4) is 5.75 Å². The van der Waals surface area contributed by atoms with E-state index in [1.807, 2.05) is 42.5 Å². The number of esters is 1. The van der Waals surface area contributed by atoms with Crippen molar-refractivity contribution in [3.05, 3.63) is 65.7 Å². The number of ether oxygens (including phenoxy) is 3. The molecule has 2 aromatic carbocycles. The number of morpholine rings is 1. The molecule has 8 nitrogen and oxygen atoms in total. The lowest BCUT2D eigenvalue weighted by Gasteiger charge is -2.31. The lowest BCUT2D eigenvalue weighted by molar-refractivity contribution is -0.164. The molecule has 168 valence electrons. The Morgan fingerprint density at radius 3 is 2.56 bits per heavy atom. The Morgan fingerprint density at radius 1 is 1.06 bits per heavy atom. The lowest BCUT2D eigenvalue weighted by Crippen LogP contribution is -2.55. The maximum absolute atomic E-state index is 12.6. The SMILES string of the molecule is O=C1NC(=O)C(Cc2ccc(OC[C@H]3NCCO[C@H]3C(=O)OCc3ccccc3)cc2)S1. The average Bonchev–Trinajstić information content (AvgIpc) is 3.14. The van der Waals surface area contributed by atoms with Gasteiger partial charge in [-0.1, -0.05) is 54.2 Å². The molecule has 2 fully saturated rings. The minimum atomic E-state index is -0.748. The van der Waals surface area contributed by atoms with E-state index in [4.69, 9.17) is 14.2 Å². The maximum Gasteiger partial charge on any atom is 0.337 e. The van der Waals surface area contributed by atoms with E-state index < -0.39 is 17.3 Å². The van der Waals surface area contributed by atoms with Crippen LogP contribution in [0.5, 0.6) is 5.75 Å². The molecular weight excluding hydrogens is 432 g/mol. The maximum atomic E-state index is 12.6. The summed E-state index contributed by atoms with van der Waals surface area (Å²) in [5.74, 6) is -0.0436. The van der Waals surface area contributed by atoms with Gasteiger partial charge in [0.25, 0.3) is 5.24 Å².